The van der Waals surface area contributed by atoms with Gasteiger partial charge in [0, 0.05) is 17.8 Å². The largest absolute Gasteiger partial charge is 0.399 e. The number of nitrogens with zero attached hydrogens (tertiary/aromatic N) is 1. The molecule has 1 aromatic carbocycles. The van der Waals surface area contributed by atoms with Crippen molar-refractivity contribution >= 4 is 5.69 Å². The first kappa shape index (κ1) is 12.4. The molecule has 2 rings (SSSR count). The molecular formula is C15H24N2. The van der Waals surface area contributed by atoms with Crippen LogP contribution in [0.1, 0.15) is 51.1 Å². The van der Waals surface area contributed by atoms with Crippen molar-refractivity contribution in [2.24, 2.45) is 0 Å². The molecule has 2 nitrogen and oxygen atoms in total. The molecule has 2 heteroatoms. The molecular weight excluding hydrogens is 208 g/mol. The Labute approximate surface area is 105 Å². The summed E-state index contributed by atoms with van der Waals surface area (Å²) in [6.07, 6.45) is 5.36. The van der Waals surface area contributed by atoms with Crippen LogP contribution >= 0.6 is 0 Å². The number of nitrogen functional groups attached to an aromatic ring is 1. The Hall–Kier alpha value is -1.02. The van der Waals surface area contributed by atoms with E-state index in [4.69, 9.17) is 5.73 Å². The third-order valence-corrected chi connectivity index (χ3v) is 4.06. The quantitative estimate of drug-likeness (QED) is 0.807. The zero-order chi connectivity index (χ0) is 12.3. The molecule has 2 N–H and O–H groups in total. The highest BCUT2D eigenvalue weighted by Gasteiger charge is 2.25. The third kappa shape index (κ3) is 2.81. The maximum Gasteiger partial charge on any atom is 0.0322 e. The third-order valence-electron chi connectivity index (χ3n) is 4.06. The molecule has 94 valence electrons. The number of hydrogen-bond acceptors (Lipinski definition) is 2. The number of rotatable bonds is 3. The van der Waals surface area contributed by atoms with E-state index in [0.29, 0.717) is 6.04 Å². The number of piperidine rings is 1. The van der Waals surface area contributed by atoms with Crippen molar-refractivity contribution in [1.29, 1.82) is 0 Å². The second-order valence-corrected chi connectivity index (χ2v) is 5.14. The minimum Gasteiger partial charge on any atom is -0.399 e. The van der Waals surface area contributed by atoms with Crippen LogP contribution in [0.25, 0.3) is 0 Å². The van der Waals surface area contributed by atoms with Gasteiger partial charge in [0.25, 0.3) is 0 Å². The molecule has 1 saturated heterocycles. The Bertz CT molecular complexity index is 344. The molecule has 1 aliphatic rings. The van der Waals surface area contributed by atoms with Gasteiger partial charge in [-0.1, -0.05) is 25.5 Å². The number of benzene rings is 1. The van der Waals surface area contributed by atoms with Crippen molar-refractivity contribution in [3.05, 3.63) is 29.8 Å². The fourth-order valence-corrected chi connectivity index (χ4v) is 2.94. The molecule has 0 aliphatic carbocycles. The van der Waals surface area contributed by atoms with Gasteiger partial charge in [-0.25, -0.2) is 0 Å². The van der Waals surface area contributed by atoms with Gasteiger partial charge in [-0.2, -0.15) is 0 Å². The van der Waals surface area contributed by atoms with Gasteiger partial charge in [0.2, 0.25) is 0 Å². The van der Waals surface area contributed by atoms with Crippen molar-refractivity contribution in [3.63, 3.8) is 0 Å². The lowest BCUT2D eigenvalue weighted by molar-refractivity contribution is 0.100. The van der Waals surface area contributed by atoms with Crippen molar-refractivity contribution in [2.75, 3.05) is 12.3 Å². The van der Waals surface area contributed by atoms with E-state index in [1.807, 2.05) is 12.1 Å². The van der Waals surface area contributed by atoms with E-state index in [-0.39, 0.29) is 0 Å². The standard InChI is InChI=1S/C15H24N2/c1-3-15-6-4-5-11-17(15)12(2)13-7-9-14(16)10-8-13/h7-10,12,15H,3-6,11,16H2,1-2H3. The van der Waals surface area contributed by atoms with Crippen LogP contribution < -0.4 is 5.73 Å². The summed E-state index contributed by atoms with van der Waals surface area (Å²) >= 11 is 0. The number of nitrogens with two attached hydrogens (primary N) is 1. The minimum absolute atomic E-state index is 0.515. The van der Waals surface area contributed by atoms with Gasteiger partial charge in [-0.05, 0) is 50.4 Å². The summed E-state index contributed by atoms with van der Waals surface area (Å²) in [5.74, 6) is 0. The lowest BCUT2D eigenvalue weighted by Gasteiger charge is -2.39. The molecule has 0 spiro atoms. The first-order chi connectivity index (χ1) is 8.22. The molecule has 2 atom stereocenters. The first-order valence-electron chi connectivity index (χ1n) is 6.83. The van der Waals surface area contributed by atoms with Crippen LogP contribution in [0.5, 0.6) is 0 Å². The zero-order valence-corrected chi connectivity index (χ0v) is 11.0. The van der Waals surface area contributed by atoms with E-state index >= 15 is 0 Å². The average Bonchev–Trinajstić information content (AvgIpc) is 2.39. The van der Waals surface area contributed by atoms with Gasteiger partial charge in [0.15, 0.2) is 0 Å². The van der Waals surface area contributed by atoms with Crippen LogP contribution in [0.2, 0.25) is 0 Å². The molecule has 0 saturated carbocycles. The molecule has 1 aromatic rings. The number of likely N-dealkylation sites (tertiary alicyclic amines) is 1. The molecule has 0 bridgehead atoms. The van der Waals surface area contributed by atoms with E-state index in [1.54, 1.807) is 0 Å². The van der Waals surface area contributed by atoms with Crippen LogP contribution in [0.15, 0.2) is 24.3 Å². The summed E-state index contributed by atoms with van der Waals surface area (Å²) in [4.78, 5) is 2.66. The highest BCUT2D eigenvalue weighted by Crippen LogP contribution is 2.29. The molecule has 0 amide bonds. The topological polar surface area (TPSA) is 29.3 Å². The highest BCUT2D eigenvalue weighted by atomic mass is 15.2. The fraction of sp³-hybridized carbons (Fsp3) is 0.600. The molecule has 0 radical (unpaired) electrons. The number of anilines is 1. The molecule has 1 heterocycles. The van der Waals surface area contributed by atoms with Crippen LogP contribution in [-0.4, -0.2) is 17.5 Å². The predicted octanol–water partition coefficient (Wildman–Crippen LogP) is 3.59. The maximum absolute atomic E-state index is 5.75. The predicted molar refractivity (Wildman–Crippen MR) is 73.9 cm³/mol. The first-order valence-corrected chi connectivity index (χ1v) is 6.83. The SMILES string of the molecule is CCC1CCCCN1C(C)c1ccc(N)cc1. The summed E-state index contributed by atoms with van der Waals surface area (Å²) < 4.78 is 0. The van der Waals surface area contributed by atoms with E-state index in [0.717, 1.165) is 11.7 Å². The van der Waals surface area contributed by atoms with Crippen LogP contribution in [-0.2, 0) is 0 Å². The molecule has 1 aliphatic heterocycles. The van der Waals surface area contributed by atoms with Gasteiger partial charge >= 0.3 is 0 Å². The van der Waals surface area contributed by atoms with E-state index in [2.05, 4.69) is 30.9 Å². The molecule has 17 heavy (non-hydrogen) atoms. The van der Waals surface area contributed by atoms with Crippen molar-refractivity contribution < 1.29 is 0 Å². The van der Waals surface area contributed by atoms with Crippen molar-refractivity contribution in [3.8, 4) is 0 Å². The Morgan fingerprint density at radius 3 is 2.65 bits per heavy atom. The van der Waals surface area contributed by atoms with Crippen molar-refractivity contribution in [2.45, 2.75) is 51.6 Å². The Morgan fingerprint density at radius 1 is 1.29 bits per heavy atom. The van der Waals surface area contributed by atoms with E-state index in [9.17, 15) is 0 Å². The number of hydrogen-bond donors (Lipinski definition) is 1. The minimum atomic E-state index is 0.515. The monoisotopic (exact) mass is 232 g/mol. The lowest BCUT2D eigenvalue weighted by Crippen LogP contribution is -2.40. The summed E-state index contributed by atoms with van der Waals surface area (Å²) in [6, 6.07) is 9.63. The second-order valence-electron chi connectivity index (χ2n) is 5.14. The van der Waals surface area contributed by atoms with Gasteiger partial charge in [-0.15, -0.1) is 0 Å². The smallest absolute Gasteiger partial charge is 0.0322 e. The summed E-state index contributed by atoms with van der Waals surface area (Å²) in [5.41, 5.74) is 7.99. The average molecular weight is 232 g/mol. The van der Waals surface area contributed by atoms with E-state index < -0.39 is 0 Å². The van der Waals surface area contributed by atoms with Gasteiger partial charge in [0.1, 0.15) is 0 Å². The Morgan fingerprint density at radius 2 is 2.00 bits per heavy atom. The maximum atomic E-state index is 5.75. The summed E-state index contributed by atoms with van der Waals surface area (Å²) in [7, 11) is 0. The second kappa shape index (κ2) is 5.54. The highest BCUT2D eigenvalue weighted by molar-refractivity contribution is 5.40. The fourth-order valence-electron chi connectivity index (χ4n) is 2.94. The normalized spacial score (nSPS) is 23.5. The Balaban J connectivity index is 2.12. The van der Waals surface area contributed by atoms with Gasteiger partial charge in [-0.3, -0.25) is 4.90 Å². The Kier molecular flexibility index (Phi) is 4.06. The van der Waals surface area contributed by atoms with Gasteiger partial charge < -0.3 is 5.73 Å². The summed E-state index contributed by atoms with van der Waals surface area (Å²) in [6.45, 7) is 5.86. The van der Waals surface area contributed by atoms with Crippen LogP contribution in [0.4, 0.5) is 5.69 Å². The van der Waals surface area contributed by atoms with Crippen molar-refractivity contribution in [1.82, 2.24) is 4.90 Å². The van der Waals surface area contributed by atoms with Gasteiger partial charge in [0.05, 0.1) is 0 Å². The molecule has 1 fully saturated rings. The van der Waals surface area contributed by atoms with Crippen LogP contribution in [0.3, 0.4) is 0 Å². The van der Waals surface area contributed by atoms with Crippen LogP contribution in [0, 0.1) is 0 Å². The van der Waals surface area contributed by atoms with E-state index in [1.165, 1.54) is 37.8 Å². The zero-order valence-electron chi connectivity index (χ0n) is 11.0. The molecule has 2 unspecified atom stereocenters. The molecule has 0 aromatic heterocycles. The summed E-state index contributed by atoms with van der Waals surface area (Å²) in [5, 5.41) is 0. The lowest BCUT2D eigenvalue weighted by atomic mass is 9.95.